The van der Waals surface area contributed by atoms with Crippen LogP contribution < -0.4 is 10.1 Å². The molecule has 4 nitrogen and oxygen atoms in total. The maximum atomic E-state index is 12.7. The van der Waals surface area contributed by atoms with E-state index in [1.165, 1.54) is 6.07 Å². The van der Waals surface area contributed by atoms with Crippen molar-refractivity contribution in [3.05, 3.63) is 29.5 Å². The van der Waals surface area contributed by atoms with Gasteiger partial charge in [0.1, 0.15) is 5.76 Å². The summed E-state index contributed by atoms with van der Waals surface area (Å²) in [7, 11) is 0. The minimum absolute atomic E-state index is 0.0395. The second-order valence-corrected chi connectivity index (χ2v) is 6.60. The zero-order chi connectivity index (χ0) is 16.7. The van der Waals surface area contributed by atoms with Gasteiger partial charge in [0.05, 0.1) is 11.5 Å². The predicted octanol–water partition coefficient (Wildman–Crippen LogP) is 4.06. The Balaban J connectivity index is 1.88. The van der Waals surface area contributed by atoms with Crippen LogP contribution >= 0.6 is 0 Å². The van der Waals surface area contributed by atoms with E-state index in [9.17, 15) is 14.0 Å². The van der Waals surface area contributed by atoms with E-state index in [0.29, 0.717) is 24.3 Å². The molecule has 24 heavy (non-hydrogen) atoms. The number of nitrogens with one attached hydrogen (secondary N) is 1. The highest BCUT2D eigenvalue weighted by Gasteiger charge is 2.37. The van der Waals surface area contributed by atoms with E-state index >= 15 is 0 Å². The lowest BCUT2D eigenvalue weighted by Gasteiger charge is -2.32. The molecule has 0 bridgehead atoms. The first kappa shape index (κ1) is 15.4. The van der Waals surface area contributed by atoms with Gasteiger partial charge >= 0.3 is 6.61 Å². The molecule has 1 saturated carbocycles. The lowest BCUT2D eigenvalue weighted by atomic mass is 9.73. The summed E-state index contributed by atoms with van der Waals surface area (Å²) < 4.78 is 35.9. The first-order chi connectivity index (χ1) is 11.6. The third-order valence-electron chi connectivity index (χ3n) is 5.05. The van der Waals surface area contributed by atoms with E-state index in [2.05, 4.69) is 16.1 Å². The molecule has 1 aliphatic carbocycles. The van der Waals surface area contributed by atoms with Crippen LogP contribution in [0.15, 0.2) is 22.6 Å². The van der Waals surface area contributed by atoms with Crippen LogP contribution in [-0.4, -0.2) is 19.7 Å². The first-order valence-electron chi connectivity index (χ1n) is 8.27. The number of ether oxygens (including phenoxy) is 1. The van der Waals surface area contributed by atoms with E-state index < -0.39 is 12.0 Å². The van der Waals surface area contributed by atoms with E-state index in [-0.39, 0.29) is 5.75 Å². The van der Waals surface area contributed by atoms with Gasteiger partial charge in [-0.2, -0.15) is 14.0 Å². The Morgan fingerprint density at radius 2 is 2.04 bits per heavy atom. The molecule has 4 rings (SSSR count). The molecule has 0 spiro atoms. The number of furan rings is 1. The standard InChI is InChI=1S/C18H18F2N2O2/c19-17(20)24-14-4-3-13(18(10-21)5-7-22-8-6-18)12-9-15(11-1-2-11)23-16(12)14/h3-4,9,11,17,22H,1-2,5-8H2. The van der Waals surface area contributed by atoms with Crippen molar-refractivity contribution in [2.45, 2.75) is 43.6 Å². The fourth-order valence-electron chi connectivity index (χ4n) is 3.59. The second-order valence-electron chi connectivity index (χ2n) is 6.60. The van der Waals surface area contributed by atoms with Crippen molar-refractivity contribution in [1.29, 1.82) is 5.26 Å². The first-order valence-corrected chi connectivity index (χ1v) is 8.27. The van der Waals surface area contributed by atoms with Gasteiger partial charge in [-0.25, -0.2) is 0 Å². The summed E-state index contributed by atoms with van der Waals surface area (Å²) in [6, 6.07) is 7.64. The Labute approximate surface area is 138 Å². The number of piperidine rings is 1. The molecular formula is C18H18F2N2O2. The molecule has 2 heterocycles. The molecule has 0 amide bonds. The largest absolute Gasteiger partial charge is 0.457 e. The lowest BCUT2D eigenvalue weighted by Crippen LogP contribution is -2.38. The van der Waals surface area contributed by atoms with Gasteiger partial charge in [-0.15, -0.1) is 0 Å². The molecule has 0 atom stereocenters. The predicted molar refractivity (Wildman–Crippen MR) is 84.2 cm³/mol. The Morgan fingerprint density at radius 1 is 1.29 bits per heavy atom. The van der Waals surface area contributed by atoms with Crippen LogP contribution in [0.5, 0.6) is 5.75 Å². The van der Waals surface area contributed by atoms with E-state index in [4.69, 9.17) is 4.42 Å². The van der Waals surface area contributed by atoms with Crippen molar-refractivity contribution < 1.29 is 17.9 Å². The molecule has 1 aliphatic heterocycles. The third-order valence-corrected chi connectivity index (χ3v) is 5.05. The Kier molecular flexibility index (Phi) is 3.69. The van der Waals surface area contributed by atoms with Gasteiger partial charge in [-0.3, -0.25) is 0 Å². The molecule has 2 aromatic rings. The van der Waals surface area contributed by atoms with Crippen molar-refractivity contribution >= 4 is 11.0 Å². The minimum Gasteiger partial charge on any atom is -0.457 e. The topological polar surface area (TPSA) is 58.2 Å². The molecule has 1 aromatic heterocycles. The maximum absolute atomic E-state index is 12.7. The third kappa shape index (κ3) is 2.53. The number of rotatable bonds is 4. The van der Waals surface area contributed by atoms with Crippen LogP contribution in [0.3, 0.4) is 0 Å². The van der Waals surface area contributed by atoms with Crippen LogP contribution in [0.1, 0.15) is 42.9 Å². The average Bonchev–Trinajstić information content (AvgIpc) is 3.34. The molecule has 2 aliphatic rings. The molecular weight excluding hydrogens is 314 g/mol. The number of nitrogens with zero attached hydrogens (tertiary/aromatic N) is 1. The van der Waals surface area contributed by atoms with Crippen molar-refractivity contribution in [1.82, 2.24) is 5.32 Å². The Bertz CT molecular complexity index is 799. The minimum atomic E-state index is -2.91. The van der Waals surface area contributed by atoms with Gasteiger partial charge in [0, 0.05) is 11.3 Å². The SMILES string of the molecule is N#CC1(c2ccc(OC(F)F)c3oc(C4CC4)cc23)CCNCC1. The summed E-state index contributed by atoms with van der Waals surface area (Å²) in [4.78, 5) is 0. The van der Waals surface area contributed by atoms with Gasteiger partial charge in [0.2, 0.25) is 0 Å². The highest BCUT2D eigenvalue weighted by molar-refractivity contribution is 5.88. The molecule has 2 fully saturated rings. The number of nitriles is 1. The highest BCUT2D eigenvalue weighted by Crippen LogP contribution is 2.47. The monoisotopic (exact) mass is 332 g/mol. The molecule has 126 valence electrons. The zero-order valence-electron chi connectivity index (χ0n) is 13.1. The van der Waals surface area contributed by atoms with Crippen LogP contribution in [0.25, 0.3) is 11.0 Å². The summed E-state index contributed by atoms with van der Waals surface area (Å²) in [6.07, 6.45) is 3.48. The lowest BCUT2D eigenvalue weighted by molar-refractivity contribution is -0.0494. The number of fused-ring (bicyclic) bond motifs is 1. The molecule has 1 aromatic carbocycles. The summed E-state index contributed by atoms with van der Waals surface area (Å²) >= 11 is 0. The van der Waals surface area contributed by atoms with Gasteiger partial charge in [-0.05, 0) is 56.5 Å². The second kappa shape index (κ2) is 5.75. The average molecular weight is 332 g/mol. The van der Waals surface area contributed by atoms with Gasteiger partial charge < -0.3 is 14.5 Å². The Morgan fingerprint density at radius 3 is 2.67 bits per heavy atom. The number of hydrogen-bond donors (Lipinski definition) is 1. The summed E-state index contributed by atoms with van der Waals surface area (Å²) in [6.45, 7) is -1.38. The summed E-state index contributed by atoms with van der Waals surface area (Å²) in [5.41, 5.74) is 0.582. The molecule has 1 saturated heterocycles. The molecule has 6 heteroatoms. The van der Waals surface area contributed by atoms with Gasteiger partial charge in [0.15, 0.2) is 11.3 Å². The number of halogens is 2. The van der Waals surface area contributed by atoms with E-state index in [1.807, 2.05) is 6.07 Å². The van der Waals surface area contributed by atoms with Crippen LogP contribution in [0.2, 0.25) is 0 Å². The van der Waals surface area contributed by atoms with Gasteiger partial charge in [0.25, 0.3) is 0 Å². The van der Waals surface area contributed by atoms with E-state index in [1.54, 1.807) is 6.07 Å². The fourth-order valence-corrected chi connectivity index (χ4v) is 3.59. The molecule has 1 N–H and O–H groups in total. The fraction of sp³-hybridized carbons (Fsp3) is 0.500. The highest BCUT2D eigenvalue weighted by atomic mass is 19.3. The molecule has 0 unspecified atom stereocenters. The smallest absolute Gasteiger partial charge is 0.387 e. The van der Waals surface area contributed by atoms with Crippen molar-refractivity contribution in [3.63, 3.8) is 0 Å². The number of alkyl halides is 2. The van der Waals surface area contributed by atoms with Crippen LogP contribution in [-0.2, 0) is 5.41 Å². The number of hydrogen-bond acceptors (Lipinski definition) is 4. The van der Waals surface area contributed by atoms with E-state index in [0.717, 1.165) is 42.6 Å². The normalized spacial score (nSPS) is 20.2. The summed E-state index contributed by atoms with van der Waals surface area (Å²) in [5.74, 6) is 1.20. The maximum Gasteiger partial charge on any atom is 0.387 e. The zero-order valence-corrected chi connectivity index (χ0v) is 13.1. The summed E-state index contributed by atoms with van der Waals surface area (Å²) in [5, 5.41) is 13.8. The van der Waals surface area contributed by atoms with Crippen LogP contribution in [0, 0.1) is 11.3 Å². The van der Waals surface area contributed by atoms with Crippen LogP contribution in [0.4, 0.5) is 8.78 Å². The molecule has 0 radical (unpaired) electrons. The van der Waals surface area contributed by atoms with Crippen molar-refractivity contribution in [3.8, 4) is 11.8 Å². The van der Waals surface area contributed by atoms with Gasteiger partial charge in [-0.1, -0.05) is 6.07 Å². The van der Waals surface area contributed by atoms with Crippen molar-refractivity contribution in [2.24, 2.45) is 0 Å². The quantitative estimate of drug-likeness (QED) is 0.917. The Hall–Kier alpha value is -2.13. The van der Waals surface area contributed by atoms with Crippen molar-refractivity contribution in [2.75, 3.05) is 13.1 Å². The number of benzene rings is 1.